The molecular formula is C19H35N5O7. The molecule has 0 saturated heterocycles. The Morgan fingerprint density at radius 1 is 0.871 bits per heavy atom. The first-order valence-electron chi connectivity index (χ1n) is 10.3. The van der Waals surface area contributed by atoms with E-state index in [1.807, 2.05) is 0 Å². The predicted octanol–water partition coefficient (Wildman–Crippen LogP) is -1.48. The van der Waals surface area contributed by atoms with Gasteiger partial charge in [0, 0.05) is 0 Å². The van der Waals surface area contributed by atoms with Crippen molar-refractivity contribution < 1.29 is 34.2 Å². The third-order valence-electron chi connectivity index (χ3n) is 4.78. The summed E-state index contributed by atoms with van der Waals surface area (Å²) in [6.45, 7) is 5.34. The lowest BCUT2D eigenvalue weighted by Crippen LogP contribution is -2.58. The first-order chi connectivity index (χ1) is 14.4. The standard InChI is InChI=1S/C19H35N5O7/c1-4-10(2)15(18(29)23-13(19(30)31)9-14(25)26)24-17(28)12(7-5-6-8-20)22-16(27)11(3)21/h10-13,15H,4-9,20-21H2,1-3H3,(H,22,27)(H,23,29)(H,24,28)(H,25,26)(H,30,31). The van der Waals surface area contributed by atoms with Crippen LogP contribution >= 0.6 is 0 Å². The molecule has 0 fully saturated rings. The molecule has 0 aromatic carbocycles. The molecule has 0 bridgehead atoms. The highest BCUT2D eigenvalue weighted by Gasteiger charge is 2.33. The van der Waals surface area contributed by atoms with E-state index in [1.165, 1.54) is 6.92 Å². The molecular weight excluding hydrogens is 410 g/mol. The average molecular weight is 446 g/mol. The smallest absolute Gasteiger partial charge is 0.326 e. The molecule has 12 nitrogen and oxygen atoms in total. The van der Waals surface area contributed by atoms with Crippen LogP contribution in [0.1, 0.15) is 52.9 Å². The normalized spacial score (nSPS) is 15.6. The number of unbranched alkanes of at least 4 members (excludes halogenated alkanes) is 1. The van der Waals surface area contributed by atoms with Crippen LogP contribution in [-0.2, 0) is 24.0 Å². The van der Waals surface area contributed by atoms with Crippen molar-refractivity contribution in [3.63, 3.8) is 0 Å². The second-order valence-electron chi connectivity index (χ2n) is 7.50. The number of rotatable bonds is 15. The van der Waals surface area contributed by atoms with Crippen molar-refractivity contribution in [2.45, 2.75) is 77.0 Å². The zero-order chi connectivity index (χ0) is 24.1. The summed E-state index contributed by atoms with van der Waals surface area (Å²) in [5.74, 6) is -5.28. The van der Waals surface area contributed by atoms with Crippen molar-refractivity contribution in [1.82, 2.24) is 16.0 Å². The van der Waals surface area contributed by atoms with Crippen LogP contribution < -0.4 is 27.4 Å². The molecule has 178 valence electrons. The molecule has 0 spiro atoms. The summed E-state index contributed by atoms with van der Waals surface area (Å²) in [5, 5.41) is 25.3. The molecule has 0 aromatic heterocycles. The topological polar surface area (TPSA) is 214 Å². The van der Waals surface area contributed by atoms with Gasteiger partial charge in [0.1, 0.15) is 18.1 Å². The lowest BCUT2D eigenvalue weighted by molar-refractivity contribution is -0.147. The fourth-order valence-corrected chi connectivity index (χ4v) is 2.66. The fraction of sp³-hybridized carbons (Fsp3) is 0.737. The SMILES string of the molecule is CCC(C)C(NC(=O)C(CCCCN)NC(=O)C(C)N)C(=O)NC(CC(=O)O)C(=O)O. The van der Waals surface area contributed by atoms with E-state index < -0.39 is 66.2 Å². The van der Waals surface area contributed by atoms with Gasteiger partial charge >= 0.3 is 11.9 Å². The van der Waals surface area contributed by atoms with Gasteiger partial charge in [-0.2, -0.15) is 0 Å². The molecule has 3 amide bonds. The molecule has 0 aliphatic heterocycles. The summed E-state index contributed by atoms with van der Waals surface area (Å²) in [7, 11) is 0. The zero-order valence-corrected chi connectivity index (χ0v) is 18.2. The minimum absolute atomic E-state index is 0.271. The van der Waals surface area contributed by atoms with Gasteiger partial charge in [-0.15, -0.1) is 0 Å². The molecule has 31 heavy (non-hydrogen) atoms. The fourth-order valence-electron chi connectivity index (χ4n) is 2.66. The van der Waals surface area contributed by atoms with Gasteiger partial charge in [-0.3, -0.25) is 19.2 Å². The number of carboxylic acid groups (broad SMARTS) is 2. The number of aliphatic carboxylic acids is 2. The number of carbonyl (C=O) groups is 5. The Labute approximate surface area is 181 Å². The Morgan fingerprint density at radius 2 is 1.45 bits per heavy atom. The molecule has 9 N–H and O–H groups in total. The Kier molecular flexibility index (Phi) is 13.0. The van der Waals surface area contributed by atoms with Crippen LogP contribution in [0.4, 0.5) is 0 Å². The van der Waals surface area contributed by atoms with E-state index in [-0.39, 0.29) is 6.42 Å². The van der Waals surface area contributed by atoms with E-state index in [4.69, 9.17) is 21.7 Å². The van der Waals surface area contributed by atoms with E-state index in [0.29, 0.717) is 25.8 Å². The van der Waals surface area contributed by atoms with Crippen molar-refractivity contribution in [3.05, 3.63) is 0 Å². The molecule has 0 aliphatic rings. The van der Waals surface area contributed by atoms with Crippen LogP contribution in [0.3, 0.4) is 0 Å². The van der Waals surface area contributed by atoms with Crippen LogP contribution in [0.5, 0.6) is 0 Å². The van der Waals surface area contributed by atoms with Gasteiger partial charge in [-0.05, 0) is 38.6 Å². The van der Waals surface area contributed by atoms with E-state index in [9.17, 15) is 24.0 Å². The highest BCUT2D eigenvalue weighted by atomic mass is 16.4. The Morgan fingerprint density at radius 3 is 1.90 bits per heavy atom. The molecule has 5 atom stereocenters. The Hall–Kier alpha value is -2.73. The molecule has 0 rings (SSSR count). The summed E-state index contributed by atoms with van der Waals surface area (Å²) in [4.78, 5) is 59.6. The molecule has 0 aromatic rings. The maximum Gasteiger partial charge on any atom is 0.326 e. The Balaban J connectivity index is 5.47. The molecule has 12 heteroatoms. The summed E-state index contributed by atoms with van der Waals surface area (Å²) in [5.41, 5.74) is 11.0. The lowest BCUT2D eigenvalue weighted by atomic mass is 9.97. The van der Waals surface area contributed by atoms with Gasteiger partial charge < -0.3 is 37.6 Å². The van der Waals surface area contributed by atoms with E-state index in [0.717, 1.165) is 0 Å². The highest BCUT2D eigenvalue weighted by molar-refractivity contribution is 5.94. The summed E-state index contributed by atoms with van der Waals surface area (Å²) in [6.07, 6.45) is 1.11. The second kappa shape index (κ2) is 14.3. The van der Waals surface area contributed by atoms with Gasteiger partial charge in [-0.1, -0.05) is 20.3 Å². The monoisotopic (exact) mass is 445 g/mol. The van der Waals surface area contributed by atoms with Crippen LogP contribution in [0.25, 0.3) is 0 Å². The molecule has 0 aliphatic carbocycles. The summed E-state index contributed by atoms with van der Waals surface area (Å²) >= 11 is 0. The molecule has 5 unspecified atom stereocenters. The van der Waals surface area contributed by atoms with Crippen LogP contribution in [0.15, 0.2) is 0 Å². The van der Waals surface area contributed by atoms with Gasteiger partial charge in [0.25, 0.3) is 0 Å². The maximum absolute atomic E-state index is 12.8. The van der Waals surface area contributed by atoms with Crippen molar-refractivity contribution in [2.24, 2.45) is 17.4 Å². The summed E-state index contributed by atoms with van der Waals surface area (Å²) in [6, 6.07) is -4.58. The van der Waals surface area contributed by atoms with Gasteiger partial charge in [0.05, 0.1) is 12.5 Å². The third kappa shape index (κ3) is 10.7. The van der Waals surface area contributed by atoms with Crippen molar-refractivity contribution in [3.8, 4) is 0 Å². The number of nitrogens with one attached hydrogen (secondary N) is 3. The molecule has 0 radical (unpaired) electrons. The first kappa shape index (κ1) is 28.3. The predicted molar refractivity (Wildman–Crippen MR) is 112 cm³/mol. The number of carbonyl (C=O) groups excluding carboxylic acids is 3. The van der Waals surface area contributed by atoms with Crippen molar-refractivity contribution in [1.29, 1.82) is 0 Å². The van der Waals surface area contributed by atoms with Gasteiger partial charge in [-0.25, -0.2) is 4.79 Å². The number of hydrogen-bond donors (Lipinski definition) is 7. The Bertz CT molecular complexity index is 641. The summed E-state index contributed by atoms with van der Waals surface area (Å²) < 4.78 is 0. The van der Waals surface area contributed by atoms with Gasteiger partial charge in [0.15, 0.2) is 0 Å². The van der Waals surface area contributed by atoms with Crippen LogP contribution in [0, 0.1) is 5.92 Å². The molecule has 0 heterocycles. The minimum atomic E-state index is -1.65. The first-order valence-corrected chi connectivity index (χ1v) is 10.3. The van der Waals surface area contributed by atoms with Crippen LogP contribution in [-0.4, -0.2) is 70.6 Å². The second-order valence-corrected chi connectivity index (χ2v) is 7.50. The van der Waals surface area contributed by atoms with Crippen molar-refractivity contribution in [2.75, 3.05) is 6.54 Å². The van der Waals surface area contributed by atoms with E-state index >= 15 is 0 Å². The van der Waals surface area contributed by atoms with Crippen LogP contribution in [0.2, 0.25) is 0 Å². The minimum Gasteiger partial charge on any atom is -0.481 e. The largest absolute Gasteiger partial charge is 0.481 e. The highest BCUT2D eigenvalue weighted by Crippen LogP contribution is 2.11. The van der Waals surface area contributed by atoms with E-state index in [2.05, 4.69) is 16.0 Å². The third-order valence-corrected chi connectivity index (χ3v) is 4.78. The number of carboxylic acids is 2. The molecule has 0 saturated carbocycles. The maximum atomic E-state index is 12.8. The number of hydrogen-bond acceptors (Lipinski definition) is 7. The zero-order valence-electron chi connectivity index (χ0n) is 18.2. The van der Waals surface area contributed by atoms with Crippen molar-refractivity contribution >= 4 is 29.7 Å². The van der Waals surface area contributed by atoms with Gasteiger partial charge in [0.2, 0.25) is 17.7 Å². The number of amides is 3. The van der Waals surface area contributed by atoms with E-state index in [1.54, 1.807) is 13.8 Å². The quantitative estimate of drug-likeness (QED) is 0.146. The lowest BCUT2D eigenvalue weighted by Gasteiger charge is -2.27. The number of nitrogens with two attached hydrogens (primary N) is 2. The average Bonchev–Trinajstić information content (AvgIpc) is 2.69.